The van der Waals surface area contributed by atoms with Gasteiger partial charge in [-0.05, 0) is 6.07 Å². The van der Waals surface area contributed by atoms with Crippen molar-refractivity contribution in [3.8, 4) is 0 Å². The van der Waals surface area contributed by atoms with Crippen molar-refractivity contribution in [3.63, 3.8) is 0 Å². The maximum Gasteiger partial charge on any atom is 0.164 e. The summed E-state index contributed by atoms with van der Waals surface area (Å²) in [5.41, 5.74) is 6.72. The molecule has 2 aromatic rings. The van der Waals surface area contributed by atoms with E-state index in [2.05, 4.69) is 9.97 Å². The number of imidazole rings is 1. The van der Waals surface area contributed by atoms with Crippen molar-refractivity contribution < 1.29 is 19.3 Å². The molecular formula is C11H13FN4O3. The van der Waals surface area contributed by atoms with Crippen molar-refractivity contribution in [2.24, 2.45) is 0 Å². The summed E-state index contributed by atoms with van der Waals surface area (Å²) < 4.78 is 20.5. The predicted molar refractivity (Wildman–Crippen MR) is 63.8 cm³/mol. The van der Waals surface area contributed by atoms with Crippen LogP contribution < -0.4 is 5.73 Å². The van der Waals surface area contributed by atoms with Crippen LogP contribution in [0.2, 0.25) is 0 Å². The van der Waals surface area contributed by atoms with Gasteiger partial charge in [-0.3, -0.25) is 0 Å². The van der Waals surface area contributed by atoms with E-state index in [0.29, 0.717) is 11.0 Å². The largest absolute Gasteiger partial charge is 0.394 e. The van der Waals surface area contributed by atoms with Crippen LogP contribution in [0.4, 0.5) is 10.2 Å². The standard InChI is InChI=1S/C11H13FN4O3/c12-7-6(3-17)19-11(9(7)18)16-4-15-8-5(16)1-2-14-10(8)13/h1-2,4,6-7,9,11,17-18H,3H2,(H2,13,14)/t6-,7-,9-,11?/m1/s1. The molecule has 4 atom stereocenters. The molecule has 0 spiro atoms. The number of hydrogen-bond acceptors (Lipinski definition) is 6. The Bertz CT molecular complexity index is 605. The molecule has 0 aromatic carbocycles. The topological polar surface area (TPSA) is 106 Å². The molecule has 7 nitrogen and oxygen atoms in total. The van der Waals surface area contributed by atoms with Gasteiger partial charge in [-0.2, -0.15) is 0 Å². The van der Waals surface area contributed by atoms with Crippen LogP contribution >= 0.6 is 0 Å². The Hall–Kier alpha value is -1.77. The maximum absolute atomic E-state index is 13.7. The summed E-state index contributed by atoms with van der Waals surface area (Å²) in [4.78, 5) is 7.97. The fraction of sp³-hybridized carbons (Fsp3) is 0.455. The number of aliphatic hydroxyl groups excluding tert-OH is 2. The first-order valence-electron chi connectivity index (χ1n) is 5.79. The third-order valence-electron chi connectivity index (χ3n) is 3.26. The SMILES string of the molecule is Nc1nccc2c1ncn2C1O[C@H](CO)[C@@H](F)[C@H]1O. The molecule has 0 saturated carbocycles. The van der Waals surface area contributed by atoms with Gasteiger partial charge in [-0.15, -0.1) is 0 Å². The van der Waals surface area contributed by atoms with Crippen LogP contribution in [0.3, 0.4) is 0 Å². The van der Waals surface area contributed by atoms with Gasteiger partial charge in [0.2, 0.25) is 0 Å². The maximum atomic E-state index is 13.7. The normalized spacial score (nSPS) is 31.1. The molecule has 1 aliphatic rings. The molecule has 1 unspecified atom stereocenters. The molecule has 3 rings (SSSR count). The first kappa shape index (κ1) is 12.3. The molecule has 1 aliphatic heterocycles. The van der Waals surface area contributed by atoms with Gasteiger partial charge in [0.1, 0.15) is 17.7 Å². The Morgan fingerprint density at radius 2 is 2.26 bits per heavy atom. The monoisotopic (exact) mass is 268 g/mol. The van der Waals surface area contributed by atoms with Crippen LogP contribution in [0.5, 0.6) is 0 Å². The van der Waals surface area contributed by atoms with Gasteiger partial charge in [0.25, 0.3) is 0 Å². The second-order valence-corrected chi connectivity index (χ2v) is 4.40. The van der Waals surface area contributed by atoms with Crippen LogP contribution in [0.25, 0.3) is 11.0 Å². The van der Waals surface area contributed by atoms with Gasteiger partial charge in [0.05, 0.1) is 18.5 Å². The zero-order chi connectivity index (χ0) is 13.6. The number of halogens is 1. The van der Waals surface area contributed by atoms with Crippen molar-refractivity contribution in [3.05, 3.63) is 18.6 Å². The Balaban J connectivity index is 2.04. The van der Waals surface area contributed by atoms with E-state index in [1.807, 2.05) is 0 Å². The molecule has 2 aromatic heterocycles. The third kappa shape index (κ3) is 1.76. The summed E-state index contributed by atoms with van der Waals surface area (Å²) in [6, 6.07) is 1.65. The van der Waals surface area contributed by atoms with Gasteiger partial charge in [-0.1, -0.05) is 0 Å². The number of nitrogens with two attached hydrogens (primary N) is 1. The highest BCUT2D eigenvalue weighted by Gasteiger charge is 2.45. The van der Waals surface area contributed by atoms with Crippen LogP contribution in [-0.2, 0) is 4.74 Å². The minimum Gasteiger partial charge on any atom is -0.394 e. The van der Waals surface area contributed by atoms with E-state index in [4.69, 9.17) is 15.6 Å². The van der Waals surface area contributed by atoms with E-state index < -0.39 is 31.2 Å². The fourth-order valence-electron chi connectivity index (χ4n) is 2.27. The second-order valence-electron chi connectivity index (χ2n) is 4.40. The van der Waals surface area contributed by atoms with Gasteiger partial charge >= 0.3 is 0 Å². The Labute approximate surface area is 107 Å². The number of aromatic nitrogens is 3. The lowest BCUT2D eigenvalue weighted by atomic mass is 10.1. The van der Waals surface area contributed by atoms with Gasteiger partial charge in [-0.25, -0.2) is 14.4 Å². The summed E-state index contributed by atoms with van der Waals surface area (Å²) in [6.07, 6.45) is -2.11. The van der Waals surface area contributed by atoms with Crippen LogP contribution in [-0.4, -0.2) is 49.7 Å². The molecule has 3 heterocycles. The van der Waals surface area contributed by atoms with E-state index in [1.165, 1.54) is 17.1 Å². The smallest absolute Gasteiger partial charge is 0.164 e. The van der Waals surface area contributed by atoms with Crippen LogP contribution in [0.1, 0.15) is 6.23 Å². The summed E-state index contributed by atoms with van der Waals surface area (Å²) in [5, 5.41) is 18.8. The zero-order valence-electron chi connectivity index (χ0n) is 9.85. The lowest BCUT2D eigenvalue weighted by Crippen LogP contribution is -2.29. The molecule has 0 amide bonds. The minimum atomic E-state index is -1.65. The number of nitrogens with zero attached hydrogens (tertiary/aromatic N) is 3. The van der Waals surface area contributed by atoms with E-state index in [1.54, 1.807) is 6.07 Å². The molecule has 0 aliphatic carbocycles. The number of fused-ring (bicyclic) bond motifs is 1. The van der Waals surface area contributed by atoms with Crippen molar-refractivity contribution in [2.45, 2.75) is 24.6 Å². The quantitative estimate of drug-likeness (QED) is 0.684. The predicted octanol–water partition coefficient (Wildman–Crippen LogP) is -0.398. The summed E-state index contributed by atoms with van der Waals surface area (Å²) in [5.74, 6) is 0.249. The lowest BCUT2D eigenvalue weighted by molar-refractivity contribution is -0.0493. The Morgan fingerprint density at radius 1 is 1.47 bits per heavy atom. The average Bonchev–Trinajstić information content (AvgIpc) is 2.94. The summed E-state index contributed by atoms with van der Waals surface area (Å²) in [6.45, 7) is -0.495. The fourth-order valence-corrected chi connectivity index (χ4v) is 2.27. The highest BCUT2D eigenvalue weighted by Crippen LogP contribution is 2.33. The van der Waals surface area contributed by atoms with Crippen molar-refractivity contribution in [1.29, 1.82) is 0 Å². The third-order valence-corrected chi connectivity index (χ3v) is 3.26. The van der Waals surface area contributed by atoms with E-state index in [9.17, 15) is 9.50 Å². The Kier molecular flexibility index (Phi) is 2.85. The summed E-state index contributed by atoms with van der Waals surface area (Å²) >= 11 is 0. The Morgan fingerprint density at radius 3 is 2.95 bits per heavy atom. The molecule has 0 radical (unpaired) electrons. The van der Waals surface area contributed by atoms with Gasteiger partial charge < -0.3 is 25.3 Å². The molecular weight excluding hydrogens is 255 g/mol. The zero-order valence-corrected chi connectivity index (χ0v) is 9.85. The van der Waals surface area contributed by atoms with Crippen molar-refractivity contribution in [1.82, 2.24) is 14.5 Å². The van der Waals surface area contributed by atoms with E-state index in [0.717, 1.165) is 0 Å². The van der Waals surface area contributed by atoms with Gasteiger partial charge in [0, 0.05) is 6.20 Å². The molecule has 102 valence electrons. The van der Waals surface area contributed by atoms with Gasteiger partial charge in [0.15, 0.2) is 18.2 Å². The number of rotatable bonds is 2. The van der Waals surface area contributed by atoms with Crippen LogP contribution in [0.15, 0.2) is 18.6 Å². The average molecular weight is 268 g/mol. The van der Waals surface area contributed by atoms with Crippen molar-refractivity contribution in [2.75, 3.05) is 12.3 Å². The minimum absolute atomic E-state index is 0.249. The number of hydrogen-bond donors (Lipinski definition) is 3. The first-order valence-corrected chi connectivity index (χ1v) is 5.79. The van der Waals surface area contributed by atoms with E-state index in [-0.39, 0.29) is 5.82 Å². The number of aliphatic hydroxyl groups is 2. The molecule has 1 saturated heterocycles. The second kappa shape index (κ2) is 4.41. The van der Waals surface area contributed by atoms with Crippen LogP contribution in [0, 0.1) is 0 Å². The number of anilines is 1. The molecule has 0 bridgehead atoms. The highest BCUT2D eigenvalue weighted by molar-refractivity contribution is 5.84. The number of nitrogen functional groups attached to an aromatic ring is 1. The van der Waals surface area contributed by atoms with Crippen molar-refractivity contribution >= 4 is 16.9 Å². The lowest BCUT2D eigenvalue weighted by Gasteiger charge is -2.16. The number of pyridine rings is 1. The van der Waals surface area contributed by atoms with E-state index >= 15 is 0 Å². The number of ether oxygens (including phenoxy) is 1. The molecule has 1 fully saturated rings. The first-order chi connectivity index (χ1) is 9.13. The molecule has 19 heavy (non-hydrogen) atoms. The molecule has 8 heteroatoms. The summed E-state index contributed by atoms with van der Waals surface area (Å²) in [7, 11) is 0. The molecule has 4 N–H and O–H groups in total. The number of alkyl halides is 1. The highest BCUT2D eigenvalue weighted by atomic mass is 19.1.